The summed E-state index contributed by atoms with van der Waals surface area (Å²) >= 11 is 6.23. The predicted molar refractivity (Wildman–Crippen MR) is 76.3 cm³/mol. The van der Waals surface area contributed by atoms with Gasteiger partial charge >= 0.3 is 0 Å². The van der Waals surface area contributed by atoms with Gasteiger partial charge in [-0.05, 0) is 26.2 Å². The highest BCUT2D eigenvalue weighted by atomic mass is 35.5. The fourth-order valence-corrected chi connectivity index (χ4v) is 2.34. The number of rotatable bonds is 2. The van der Waals surface area contributed by atoms with Gasteiger partial charge in [-0.1, -0.05) is 32.4 Å². The Morgan fingerprint density at radius 2 is 2.00 bits per heavy atom. The zero-order valence-electron chi connectivity index (χ0n) is 11.7. The minimum Gasteiger partial charge on any atom is -0.304 e. The van der Waals surface area contributed by atoms with Gasteiger partial charge in [0.1, 0.15) is 0 Å². The van der Waals surface area contributed by atoms with Crippen molar-refractivity contribution in [3.63, 3.8) is 0 Å². The Balaban J connectivity index is 2.72. The van der Waals surface area contributed by atoms with Crippen LogP contribution in [0.15, 0.2) is 18.3 Å². The minimum atomic E-state index is 0.0146. The van der Waals surface area contributed by atoms with Crippen molar-refractivity contribution < 1.29 is 0 Å². The number of hydrogen-bond donors (Lipinski definition) is 0. The number of hydrogen-bond acceptors (Lipinski definition) is 2. The number of aromatic nitrogens is 2. The first-order valence-electron chi connectivity index (χ1n) is 6.11. The predicted octanol–water partition coefficient (Wildman–Crippen LogP) is 3.35. The van der Waals surface area contributed by atoms with Gasteiger partial charge in [-0.2, -0.15) is 0 Å². The summed E-state index contributed by atoms with van der Waals surface area (Å²) in [5.74, 6) is 0. The lowest BCUT2D eigenvalue weighted by atomic mass is 9.90. The lowest BCUT2D eigenvalue weighted by Gasteiger charge is -2.19. The highest BCUT2D eigenvalue weighted by Crippen LogP contribution is 2.29. The van der Waals surface area contributed by atoms with E-state index in [0.717, 1.165) is 17.9 Å². The van der Waals surface area contributed by atoms with Crippen LogP contribution in [0.2, 0.25) is 5.02 Å². The highest BCUT2D eigenvalue weighted by molar-refractivity contribution is 6.33. The molecule has 2 rings (SSSR count). The fraction of sp³-hybridized carbons (Fsp3) is 0.500. The van der Waals surface area contributed by atoms with Gasteiger partial charge in [0.05, 0.1) is 16.4 Å². The van der Waals surface area contributed by atoms with Crippen LogP contribution in [0.1, 0.15) is 32.2 Å². The van der Waals surface area contributed by atoms with Crippen LogP contribution in [-0.2, 0) is 12.0 Å². The Labute approximate surface area is 113 Å². The topological polar surface area (TPSA) is 20.5 Å². The van der Waals surface area contributed by atoms with E-state index in [2.05, 4.69) is 44.2 Å². The van der Waals surface area contributed by atoms with Gasteiger partial charge < -0.3 is 9.30 Å². The second-order valence-electron chi connectivity index (χ2n) is 5.94. The molecule has 2 heterocycles. The molecule has 4 heteroatoms. The summed E-state index contributed by atoms with van der Waals surface area (Å²) < 4.78 is 2.10. The van der Waals surface area contributed by atoms with E-state index in [-0.39, 0.29) is 5.41 Å². The van der Waals surface area contributed by atoms with E-state index in [1.54, 1.807) is 0 Å². The van der Waals surface area contributed by atoms with Crippen LogP contribution in [-0.4, -0.2) is 28.4 Å². The van der Waals surface area contributed by atoms with Crippen molar-refractivity contribution in [3.05, 3.63) is 34.7 Å². The standard InChI is InChI=1S/C14H20ClN3/c1-14(2,3)12-11(9-17(4)5)18-8-6-7-10(15)13(18)16-12/h6-8H,9H2,1-5H3. The van der Waals surface area contributed by atoms with Crippen LogP contribution in [0.4, 0.5) is 0 Å². The summed E-state index contributed by atoms with van der Waals surface area (Å²) in [4.78, 5) is 6.89. The molecule has 0 saturated carbocycles. The number of imidazole rings is 1. The van der Waals surface area contributed by atoms with E-state index in [4.69, 9.17) is 16.6 Å². The molecule has 0 radical (unpaired) electrons. The van der Waals surface area contributed by atoms with Crippen molar-refractivity contribution >= 4 is 17.2 Å². The monoisotopic (exact) mass is 265 g/mol. The third-order valence-corrected chi connectivity index (χ3v) is 3.17. The molecule has 0 aliphatic rings. The summed E-state index contributed by atoms with van der Waals surface area (Å²) in [6.45, 7) is 7.40. The first-order valence-corrected chi connectivity index (χ1v) is 6.49. The highest BCUT2D eigenvalue weighted by Gasteiger charge is 2.24. The van der Waals surface area contributed by atoms with Gasteiger partial charge in [-0.3, -0.25) is 0 Å². The van der Waals surface area contributed by atoms with E-state index < -0.39 is 0 Å². The van der Waals surface area contributed by atoms with Crippen molar-refractivity contribution in [1.29, 1.82) is 0 Å². The van der Waals surface area contributed by atoms with Crippen LogP contribution >= 0.6 is 11.6 Å². The quantitative estimate of drug-likeness (QED) is 0.830. The average Bonchev–Trinajstić information content (AvgIpc) is 2.57. The lowest BCUT2D eigenvalue weighted by Crippen LogP contribution is -2.19. The molecule has 0 spiro atoms. The van der Waals surface area contributed by atoms with Crippen molar-refractivity contribution in [1.82, 2.24) is 14.3 Å². The molecule has 3 nitrogen and oxygen atoms in total. The van der Waals surface area contributed by atoms with Gasteiger partial charge in [-0.15, -0.1) is 0 Å². The zero-order chi connectivity index (χ0) is 13.5. The molecular formula is C14H20ClN3. The van der Waals surface area contributed by atoms with Crippen LogP contribution in [0.5, 0.6) is 0 Å². The lowest BCUT2D eigenvalue weighted by molar-refractivity contribution is 0.389. The smallest absolute Gasteiger partial charge is 0.156 e. The Morgan fingerprint density at radius 3 is 2.56 bits per heavy atom. The van der Waals surface area contributed by atoms with E-state index >= 15 is 0 Å². The molecule has 2 aromatic rings. The van der Waals surface area contributed by atoms with Crippen molar-refractivity contribution in [2.45, 2.75) is 32.7 Å². The maximum absolute atomic E-state index is 6.23. The van der Waals surface area contributed by atoms with Gasteiger partial charge in [0, 0.05) is 18.2 Å². The summed E-state index contributed by atoms with van der Waals surface area (Å²) in [5.41, 5.74) is 3.19. The van der Waals surface area contributed by atoms with E-state index in [1.807, 2.05) is 18.3 Å². The Kier molecular flexibility index (Phi) is 3.39. The minimum absolute atomic E-state index is 0.0146. The van der Waals surface area contributed by atoms with Crippen LogP contribution < -0.4 is 0 Å². The Bertz CT molecular complexity index is 564. The SMILES string of the molecule is CN(C)Cc1c(C(C)(C)C)nc2c(Cl)cccn12. The van der Waals surface area contributed by atoms with Crippen LogP contribution in [0, 0.1) is 0 Å². The largest absolute Gasteiger partial charge is 0.304 e. The Morgan fingerprint density at radius 1 is 1.33 bits per heavy atom. The molecule has 98 valence electrons. The molecule has 0 N–H and O–H groups in total. The molecule has 0 aliphatic heterocycles. The normalized spacial score (nSPS) is 12.6. The molecule has 0 aliphatic carbocycles. The van der Waals surface area contributed by atoms with Crippen molar-refractivity contribution in [3.8, 4) is 0 Å². The van der Waals surface area contributed by atoms with Crippen LogP contribution in [0.3, 0.4) is 0 Å². The summed E-state index contributed by atoms with van der Waals surface area (Å²) in [6.07, 6.45) is 2.03. The van der Waals surface area contributed by atoms with Gasteiger partial charge in [0.25, 0.3) is 0 Å². The third kappa shape index (κ3) is 2.38. The summed E-state index contributed by atoms with van der Waals surface area (Å²) in [5, 5.41) is 0.702. The maximum Gasteiger partial charge on any atom is 0.156 e. The fourth-order valence-electron chi connectivity index (χ4n) is 2.13. The average molecular weight is 266 g/mol. The molecule has 0 unspecified atom stereocenters. The Hall–Kier alpha value is -1.06. The van der Waals surface area contributed by atoms with E-state index in [9.17, 15) is 0 Å². The number of pyridine rings is 1. The second-order valence-corrected chi connectivity index (χ2v) is 6.35. The molecule has 0 saturated heterocycles. The molecule has 0 amide bonds. The molecule has 0 fully saturated rings. The van der Waals surface area contributed by atoms with E-state index in [1.165, 1.54) is 5.69 Å². The van der Waals surface area contributed by atoms with Crippen LogP contribution in [0.25, 0.3) is 5.65 Å². The number of fused-ring (bicyclic) bond motifs is 1. The molecule has 0 bridgehead atoms. The van der Waals surface area contributed by atoms with Gasteiger partial charge in [-0.25, -0.2) is 4.98 Å². The van der Waals surface area contributed by atoms with Crippen molar-refractivity contribution in [2.24, 2.45) is 0 Å². The molecule has 0 aromatic carbocycles. The summed E-state index contributed by atoms with van der Waals surface area (Å²) in [7, 11) is 4.13. The third-order valence-electron chi connectivity index (χ3n) is 2.88. The molecular weight excluding hydrogens is 246 g/mol. The molecule has 0 atom stereocenters. The van der Waals surface area contributed by atoms with Gasteiger partial charge in [0.15, 0.2) is 5.65 Å². The maximum atomic E-state index is 6.23. The zero-order valence-corrected chi connectivity index (χ0v) is 12.4. The molecule has 2 aromatic heterocycles. The van der Waals surface area contributed by atoms with Crippen molar-refractivity contribution in [2.75, 3.05) is 14.1 Å². The number of nitrogens with zero attached hydrogens (tertiary/aromatic N) is 3. The number of halogens is 1. The second kappa shape index (κ2) is 4.56. The van der Waals surface area contributed by atoms with E-state index in [0.29, 0.717) is 5.02 Å². The first kappa shape index (κ1) is 13.4. The van der Waals surface area contributed by atoms with Gasteiger partial charge in [0.2, 0.25) is 0 Å². The summed E-state index contributed by atoms with van der Waals surface area (Å²) in [6, 6.07) is 3.85. The molecule has 18 heavy (non-hydrogen) atoms. The first-order chi connectivity index (χ1) is 8.30.